The van der Waals surface area contributed by atoms with Crippen LogP contribution in [0.4, 0.5) is 11.6 Å². The zero-order chi connectivity index (χ0) is 34.5. The van der Waals surface area contributed by atoms with Crippen molar-refractivity contribution >= 4 is 74.0 Å². The van der Waals surface area contributed by atoms with Crippen LogP contribution in [-0.4, -0.2) is 70.5 Å². The lowest BCUT2D eigenvalue weighted by atomic mass is 9.80. The number of carbonyl (C=O) groups is 2. The maximum atomic E-state index is 11.0. The minimum absolute atomic E-state index is 0.145. The van der Waals surface area contributed by atoms with E-state index in [-0.39, 0.29) is 23.0 Å². The Hall–Kier alpha value is -5.06. The molecule has 1 aliphatic rings. The van der Waals surface area contributed by atoms with Gasteiger partial charge in [0.2, 0.25) is 11.8 Å². The Morgan fingerprint density at radius 2 is 1.25 bits per heavy atom. The smallest absolute Gasteiger partial charge is 0.399 e. The van der Waals surface area contributed by atoms with E-state index in [0.717, 1.165) is 43.1 Å². The first kappa shape index (κ1) is 34.3. The van der Waals surface area contributed by atoms with Gasteiger partial charge in [0.1, 0.15) is 11.6 Å². The van der Waals surface area contributed by atoms with E-state index in [9.17, 15) is 9.59 Å². The van der Waals surface area contributed by atoms with Crippen molar-refractivity contribution in [1.29, 1.82) is 0 Å². The van der Waals surface area contributed by atoms with Gasteiger partial charge in [-0.05, 0) is 91.0 Å². The highest BCUT2D eigenvalue weighted by atomic mass is 79.9. The van der Waals surface area contributed by atoms with Gasteiger partial charge in [-0.15, -0.1) is 0 Å². The Labute approximate surface area is 285 Å². The lowest BCUT2D eigenvalue weighted by molar-refractivity contribution is -0.115. The standard InChI is InChI=1S/C13H19BN2O3.C13H11N5O.C6H4BrN3/c1-9(17)16-11-8-10(6-7-15-11)14-18-12(2,3)13(4,5)19-14;1-8(19)17-12-5-9(2-3-14-12)10-4-11-7-16-18-13(11)15-6-10;7-5-1-4-2-9-10-6(4)8-3-5/h6-8H,1-5H3,(H,15,16,17);2-7H,1H3,(H,14,17,19)(H,15,16,18);1-3H,(H,8,9,10). The molecule has 0 unspecified atom stereocenters. The topological polar surface area (TPSA) is 186 Å². The summed E-state index contributed by atoms with van der Waals surface area (Å²) in [6, 6.07) is 11.2. The second-order valence-electron chi connectivity index (χ2n) is 11.8. The van der Waals surface area contributed by atoms with Crippen LogP contribution in [-0.2, 0) is 18.9 Å². The largest absolute Gasteiger partial charge is 0.495 e. The van der Waals surface area contributed by atoms with Crippen LogP contribution in [0.15, 0.2) is 78.1 Å². The molecular formula is C32H34BBrN10O4. The molecule has 6 aromatic rings. The van der Waals surface area contributed by atoms with Crippen LogP contribution in [0.2, 0.25) is 0 Å². The Bertz CT molecular complexity index is 2050. The van der Waals surface area contributed by atoms with Crippen LogP contribution < -0.4 is 16.1 Å². The average molecular weight is 713 g/mol. The third-order valence-corrected chi connectivity index (χ3v) is 7.99. The van der Waals surface area contributed by atoms with Gasteiger partial charge in [0.05, 0.1) is 23.6 Å². The minimum Gasteiger partial charge on any atom is -0.399 e. The van der Waals surface area contributed by atoms with Gasteiger partial charge in [0.15, 0.2) is 11.3 Å². The number of rotatable bonds is 4. The number of carbonyl (C=O) groups excluding carboxylic acids is 2. The summed E-state index contributed by atoms with van der Waals surface area (Å²) in [5, 5.41) is 20.6. The van der Waals surface area contributed by atoms with Crippen molar-refractivity contribution < 1.29 is 18.9 Å². The van der Waals surface area contributed by atoms with Crippen LogP contribution in [0.3, 0.4) is 0 Å². The van der Waals surface area contributed by atoms with Crippen molar-refractivity contribution in [3.8, 4) is 11.1 Å². The summed E-state index contributed by atoms with van der Waals surface area (Å²) in [5.41, 5.74) is 3.54. The van der Waals surface area contributed by atoms with E-state index in [4.69, 9.17) is 9.31 Å². The summed E-state index contributed by atoms with van der Waals surface area (Å²) < 4.78 is 12.9. The second-order valence-corrected chi connectivity index (χ2v) is 12.8. The van der Waals surface area contributed by atoms with Crippen molar-refractivity contribution in [1.82, 2.24) is 40.3 Å². The number of nitrogens with one attached hydrogen (secondary N) is 4. The van der Waals surface area contributed by atoms with Gasteiger partial charge in [-0.3, -0.25) is 19.8 Å². The van der Waals surface area contributed by atoms with Gasteiger partial charge >= 0.3 is 7.12 Å². The molecule has 48 heavy (non-hydrogen) atoms. The average Bonchev–Trinajstić information content (AvgIpc) is 3.74. The molecule has 2 amide bonds. The first-order valence-electron chi connectivity index (χ1n) is 14.9. The number of hydrogen-bond donors (Lipinski definition) is 4. The fourth-order valence-corrected chi connectivity index (χ4v) is 4.83. The fraction of sp³-hybridized carbons (Fsp3) is 0.250. The van der Waals surface area contributed by atoms with Crippen LogP contribution in [0.25, 0.3) is 33.2 Å². The SMILES string of the molecule is Brc1cnc2[nH]ncc2c1.CC(=O)Nc1cc(-c2cnc3[nH]ncc3c2)ccn1.CC(=O)Nc1cc(B2OC(C)(C)C(C)(C)O2)ccn1. The number of hydrogen-bond acceptors (Lipinski definition) is 10. The molecule has 1 fully saturated rings. The summed E-state index contributed by atoms with van der Waals surface area (Å²) in [5.74, 6) is 0.726. The highest BCUT2D eigenvalue weighted by Gasteiger charge is 2.51. The van der Waals surface area contributed by atoms with E-state index in [1.54, 1.807) is 43.2 Å². The van der Waals surface area contributed by atoms with Crippen molar-refractivity contribution in [2.75, 3.05) is 10.6 Å². The fourth-order valence-electron chi connectivity index (χ4n) is 4.48. The molecule has 7 rings (SSSR count). The molecule has 1 saturated heterocycles. The molecular weight excluding hydrogens is 679 g/mol. The minimum atomic E-state index is -0.444. The number of aromatic nitrogens is 8. The molecule has 14 nitrogen and oxygen atoms in total. The molecule has 0 atom stereocenters. The van der Waals surface area contributed by atoms with E-state index < -0.39 is 7.12 Å². The number of pyridine rings is 4. The molecule has 16 heteroatoms. The lowest BCUT2D eigenvalue weighted by Gasteiger charge is -2.32. The predicted molar refractivity (Wildman–Crippen MR) is 187 cm³/mol. The third-order valence-electron chi connectivity index (χ3n) is 7.56. The number of fused-ring (bicyclic) bond motifs is 2. The quantitative estimate of drug-likeness (QED) is 0.181. The van der Waals surface area contributed by atoms with Crippen molar-refractivity contribution in [2.24, 2.45) is 0 Å². The number of anilines is 2. The highest BCUT2D eigenvalue weighted by molar-refractivity contribution is 9.10. The number of H-pyrrole nitrogens is 2. The second kappa shape index (κ2) is 14.4. The summed E-state index contributed by atoms with van der Waals surface area (Å²) in [6.45, 7) is 10.9. The Balaban J connectivity index is 0.000000148. The molecule has 0 spiro atoms. The van der Waals surface area contributed by atoms with Gasteiger partial charge in [0, 0.05) is 59.4 Å². The van der Waals surface area contributed by atoms with Gasteiger partial charge in [0.25, 0.3) is 0 Å². The molecule has 6 aromatic heterocycles. The molecule has 246 valence electrons. The van der Waals surface area contributed by atoms with Crippen LogP contribution in [0.5, 0.6) is 0 Å². The van der Waals surface area contributed by atoms with E-state index in [0.29, 0.717) is 11.6 Å². The number of amides is 2. The highest BCUT2D eigenvalue weighted by Crippen LogP contribution is 2.36. The van der Waals surface area contributed by atoms with Gasteiger partial charge in [-0.1, -0.05) is 0 Å². The van der Waals surface area contributed by atoms with Crippen molar-refractivity contribution in [3.63, 3.8) is 0 Å². The first-order valence-corrected chi connectivity index (χ1v) is 15.7. The molecule has 0 aliphatic carbocycles. The van der Waals surface area contributed by atoms with E-state index >= 15 is 0 Å². The van der Waals surface area contributed by atoms with Crippen molar-refractivity contribution in [3.05, 3.63) is 78.1 Å². The maximum Gasteiger partial charge on any atom is 0.495 e. The number of nitrogens with zero attached hydrogens (tertiary/aromatic N) is 6. The predicted octanol–water partition coefficient (Wildman–Crippen LogP) is 5.04. The molecule has 0 saturated carbocycles. The normalized spacial score (nSPS) is 14.4. The first-order chi connectivity index (χ1) is 22.8. The zero-order valence-electron chi connectivity index (χ0n) is 27.2. The molecule has 4 N–H and O–H groups in total. The lowest BCUT2D eigenvalue weighted by Crippen LogP contribution is -2.41. The number of halogens is 1. The molecule has 0 bridgehead atoms. The van der Waals surface area contributed by atoms with Crippen LogP contribution in [0.1, 0.15) is 41.5 Å². The summed E-state index contributed by atoms with van der Waals surface area (Å²) >= 11 is 3.31. The maximum absolute atomic E-state index is 11.0. The summed E-state index contributed by atoms with van der Waals surface area (Å²) in [7, 11) is -0.444. The van der Waals surface area contributed by atoms with E-state index in [2.05, 4.69) is 66.9 Å². The number of aromatic amines is 2. The van der Waals surface area contributed by atoms with Gasteiger partial charge in [-0.2, -0.15) is 10.2 Å². The molecule has 0 radical (unpaired) electrons. The van der Waals surface area contributed by atoms with Crippen LogP contribution in [0, 0.1) is 0 Å². The molecule has 7 heterocycles. The van der Waals surface area contributed by atoms with Gasteiger partial charge in [-0.25, -0.2) is 19.9 Å². The molecule has 1 aliphatic heterocycles. The third kappa shape index (κ3) is 8.45. The van der Waals surface area contributed by atoms with E-state index in [1.165, 1.54) is 13.8 Å². The Morgan fingerprint density at radius 3 is 1.85 bits per heavy atom. The van der Waals surface area contributed by atoms with Crippen molar-refractivity contribution in [2.45, 2.75) is 52.7 Å². The Morgan fingerprint density at radius 1 is 0.708 bits per heavy atom. The molecule has 0 aromatic carbocycles. The summed E-state index contributed by atoms with van der Waals surface area (Å²) in [4.78, 5) is 38.6. The van der Waals surface area contributed by atoms with Crippen LogP contribution >= 0.6 is 15.9 Å². The Kier molecular flexibility index (Phi) is 10.3. The summed E-state index contributed by atoms with van der Waals surface area (Å²) in [6.07, 6.45) is 10.2. The monoisotopic (exact) mass is 712 g/mol. The van der Waals surface area contributed by atoms with E-state index in [1.807, 2.05) is 58.0 Å². The van der Waals surface area contributed by atoms with Gasteiger partial charge < -0.3 is 19.9 Å². The zero-order valence-corrected chi connectivity index (χ0v) is 28.8.